The largest absolute Gasteiger partial charge is 0.481 e. The van der Waals surface area contributed by atoms with Crippen LogP contribution in [0.3, 0.4) is 0 Å². The highest BCUT2D eigenvalue weighted by Crippen LogP contribution is 2.26. The molecule has 1 atom stereocenters. The van der Waals surface area contributed by atoms with Crippen molar-refractivity contribution >= 4 is 11.9 Å². The van der Waals surface area contributed by atoms with Crippen LogP contribution in [0.4, 0.5) is 0 Å². The third-order valence-electron chi connectivity index (χ3n) is 5.09. The van der Waals surface area contributed by atoms with Gasteiger partial charge in [-0.3, -0.25) is 14.3 Å². The summed E-state index contributed by atoms with van der Waals surface area (Å²) in [6.07, 6.45) is 4.36. The maximum atomic E-state index is 12.8. The number of nitrogens with one attached hydrogen (secondary N) is 1. The fourth-order valence-corrected chi connectivity index (χ4v) is 3.49. The van der Waals surface area contributed by atoms with Gasteiger partial charge in [0.15, 0.2) is 0 Å². The Balaban J connectivity index is 1.82. The maximum Gasteiger partial charge on any atom is 0.305 e. The van der Waals surface area contributed by atoms with Crippen LogP contribution in [0.5, 0.6) is 0 Å². The summed E-state index contributed by atoms with van der Waals surface area (Å²) in [5.74, 6) is -1.21. The zero-order valence-corrected chi connectivity index (χ0v) is 16.2. The molecule has 0 fully saturated rings. The quantitative estimate of drug-likeness (QED) is 0.845. The van der Waals surface area contributed by atoms with Gasteiger partial charge in [-0.15, -0.1) is 0 Å². The normalized spacial score (nSPS) is 15.1. The Bertz CT molecular complexity index is 831. The summed E-state index contributed by atoms with van der Waals surface area (Å²) in [5.41, 5.74) is 3.46. The van der Waals surface area contributed by atoms with Crippen molar-refractivity contribution in [3.05, 3.63) is 52.8 Å². The van der Waals surface area contributed by atoms with Gasteiger partial charge in [0.1, 0.15) is 0 Å². The fraction of sp³-hybridized carbons (Fsp3) is 0.476. The van der Waals surface area contributed by atoms with Gasteiger partial charge in [0.2, 0.25) is 0 Å². The Morgan fingerprint density at radius 2 is 1.93 bits per heavy atom. The number of carboxylic acid groups (broad SMARTS) is 1. The van der Waals surface area contributed by atoms with Crippen molar-refractivity contribution in [2.75, 3.05) is 0 Å². The molecule has 1 aliphatic heterocycles. The van der Waals surface area contributed by atoms with Gasteiger partial charge in [-0.2, -0.15) is 5.10 Å². The lowest BCUT2D eigenvalue weighted by Gasteiger charge is -2.22. The van der Waals surface area contributed by atoms with E-state index in [-0.39, 0.29) is 17.7 Å². The first kappa shape index (κ1) is 19.1. The average Bonchev–Trinajstić information content (AvgIpc) is 3.04. The molecule has 0 saturated heterocycles. The second-order valence-electron chi connectivity index (χ2n) is 8.18. The third-order valence-corrected chi connectivity index (χ3v) is 5.09. The molecule has 0 aliphatic carbocycles. The number of rotatable bonds is 5. The van der Waals surface area contributed by atoms with E-state index in [4.69, 9.17) is 0 Å². The molecule has 1 aromatic carbocycles. The average molecular weight is 369 g/mol. The van der Waals surface area contributed by atoms with Gasteiger partial charge in [0.05, 0.1) is 29.9 Å². The van der Waals surface area contributed by atoms with Crippen LogP contribution in [0.2, 0.25) is 0 Å². The Morgan fingerprint density at radius 3 is 2.56 bits per heavy atom. The van der Waals surface area contributed by atoms with E-state index in [1.807, 2.05) is 28.9 Å². The van der Waals surface area contributed by atoms with Gasteiger partial charge in [-0.05, 0) is 35.8 Å². The number of benzene rings is 1. The van der Waals surface area contributed by atoms with Crippen LogP contribution in [0.15, 0.2) is 30.5 Å². The van der Waals surface area contributed by atoms with Crippen molar-refractivity contribution in [3.8, 4) is 0 Å². The molecule has 2 N–H and O–H groups in total. The van der Waals surface area contributed by atoms with Crippen molar-refractivity contribution < 1.29 is 14.7 Å². The minimum atomic E-state index is -0.947. The molecule has 1 aromatic heterocycles. The highest BCUT2D eigenvalue weighted by atomic mass is 16.4. The molecule has 6 nitrogen and oxygen atoms in total. The minimum Gasteiger partial charge on any atom is -0.481 e. The number of aryl methyl sites for hydroxylation is 1. The molecule has 0 saturated carbocycles. The number of carboxylic acids is 1. The van der Waals surface area contributed by atoms with Crippen molar-refractivity contribution in [1.29, 1.82) is 0 Å². The van der Waals surface area contributed by atoms with Gasteiger partial charge in [-0.25, -0.2) is 0 Å². The molecule has 1 amide bonds. The monoisotopic (exact) mass is 369 g/mol. The second kappa shape index (κ2) is 7.55. The first-order valence-corrected chi connectivity index (χ1v) is 9.43. The number of aliphatic carboxylic acids is 1. The summed E-state index contributed by atoms with van der Waals surface area (Å²) in [6.45, 7) is 7.21. The van der Waals surface area contributed by atoms with Crippen LogP contribution in [0.1, 0.15) is 73.3 Å². The number of carbonyl (C=O) groups is 2. The lowest BCUT2D eigenvalue weighted by Crippen LogP contribution is -2.31. The van der Waals surface area contributed by atoms with Gasteiger partial charge < -0.3 is 10.4 Å². The zero-order valence-electron chi connectivity index (χ0n) is 16.2. The number of hydrogen-bond donors (Lipinski definition) is 2. The Hall–Kier alpha value is -2.63. The molecule has 27 heavy (non-hydrogen) atoms. The Labute approximate surface area is 159 Å². The number of amides is 1. The molecule has 144 valence electrons. The van der Waals surface area contributed by atoms with E-state index in [9.17, 15) is 14.7 Å². The number of hydrogen-bond acceptors (Lipinski definition) is 3. The van der Waals surface area contributed by atoms with Crippen molar-refractivity contribution in [2.45, 2.75) is 64.5 Å². The van der Waals surface area contributed by atoms with Gasteiger partial charge in [-0.1, -0.05) is 45.0 Å². The summed E-state index contributed by atoms with van der Waals surface area (Å²) < 4.78 is 1.88. The molecular weight excluding hydrogens is 342 g/mol. The number of fused-ring (bicyclic) bond motifs is 1. The molecule has 1 aliphatic rings. The predicted octanol–water partition coefficient (Wildman–Crippen LogP) is 3.46. The summed E-state index contributed by atoms with van der Waals surface area (Å²) in [7, 11) is 0. The van der Waals surface area contributed by atoms with E-state index in [0.29, 0.717) is 5.56 Å². The fourth-order valence-electron chi connectivity index (χ4n) is 3.49. The summed E-state index contributed by atoms with van der Waals surface area (Å²) >= 11 is 0. The highest BCUT2D eigenvalue weighted by molar-refractivity contribution is 5.95. The van der Waals surface area contributed by atoms with E-state index in [1.54, 1.807) is 6.20 Å². The van der Waals surface area contributed by atoms with Crippen LogP contribution < -0.4 is 5.32 Å². The molecule has 6 heteroatoms. The maximum absolute atomic E-state index is 12.8. The highest BCUT2D eigenvalue weighted by Gasteiger charge is 2.24. The smallest absolute Gasteiger partial charge is 0.305 e. The van der Waals surface area contributed by atoms with Crippen LogP contribution >= 0.6 is 0 Å². The number of nitrogens with zero attached hydrogens (tertiary/aromatic N) is 2. The van der Waals surface area contributed by atoms with Crippen molar-refractivity contribution in [3.63, 3.8) is 0 Å². The lowest BCUT2D eigenvalue weighted by molar-refractivity contribution is -0.137. The van der Waals surface area contributed by atoms with Crippen LogP contribution in [0, 0.1) is 0 Å². The molecule has 0 spiro atoms. The second-order valence-corrected chi connectivity index (χ2v) is 8.18. The summed E-state index contributed by atoms with van der Waals surface area (Å²) in [6, 6.07) is 7.23. The molecule has 0 bridgehead atoms. The van der Waals surface area contributed by atoms with E-state index >= 15 is 0 Å². The summed E-state index contributed by atoms with van der Waals surface area (Å²) in [4.78, 5) is 24.2. The van der Waals surface area contributed by atoms with Crippen LogP contribution in [-0.4, -0.2) is 26.8 Å². The minimum absolute atomic E-state index is 0.0152. The van der Waals surface area contributed by atoms with E-state index in [0.717, 1.165) is 42.6 Å². The zero-order chi connectivity index (χ0) is 19.6. The third kappa shape index (κ3) is 4.38. The van der Waals surface area contributed by atoms with Gasteiger partial charge in [0.25, 0.3) is 5.91 Å². The van der Waals surface area contributed by atoms with E-state index in [2.05, 4.69) is 31.2 Å². The summed E-state index contributed by atoms with van der Waals surface area (Å²) in [5, 5.41) is 16.5. The van der Waals surface area contributed by atoms with Gasteiger partial charge in [0, 0.05) is 6.54 Å². The van der Waals surface area contributed by atoms with Crippen LogP contribution in [0.25, 0.3) is 0 Å². The van der Waals surface area contributed by atoms with Crippen molar-refractivity contribution in [2.24, 2.45) is 0 Å². The van der Waals surface area contributed by atoms with E-state index in [1.165, 1.54) is 0 Å². The van der Waals surface area contributed by atoms with Crippen LogP contribution in [-0.2, 0) is 23.2 Å². The number of carbonyl (C=O) groups excluding carboxylic acids is 1. The predicted molar refractivity (Wildman–Crippen MR) is 103 cm³/mol. The topological polar surface area (TPSA) is 84.2 Å². The molecule has 2 heterocycles. The first-order chi connectivity index (χ1) is 12.8. The Morgan fingerprint density at radius 1 is 1.22 bits per heavy atom. The SMILES string of the molecule is CC(C)(C)c1ccc(C(CC(=O)O)NC(=O)c2cnn3c2CCCC3)cc1. The van der Waals surface area contributed by atoms with E-state index < -0.39 is 12.0 Å². The molecule has 0 radical (unpaired) electrons. The van der Waals surface area contributed by atoms with Gasteiger partial charge >= 0.3 is 5.97 Å². The van der Waals surface area contributed by atoms with Crippen molar-refractivity contribution in [1.82, 2.24) is 15.1 Å². The first-order valence-electron chi connectivity index (χ1n) is 9.43. The molecule has 1 unspecified atom stereocenters. The molecular formula is C21H27N3O3. The molecule has 3 rings (SSSR count). The molecule has 2 aromatic rings. The lowest BCUT2D eigenvalue weighted by atomic mass is 9.86. The number of aromatic nitrogens is 2. The standard InChI is InChI=1S/C21H27N3O3/c1-21(2,3)15-9-7-14(8-10-15)17(12-19(25)26)23-20(27)16-13-22-24-11-5-4-6-18(16)24/h7-10,13,17H,4-6,11-12H2,1-3H3,(H,23,27)(H,25,26). The Kier molecular flexibility index (Phi) is 5.35.